The van der Waals surface area contributed by atoms with Crippen LogP contribution < -0.4 is 0 Å². The van der Waals surface area contributed by atoms with Crippen molar-refractivity contribution in [3.63, 3.8) is 0 Å². The number of aliphatic hydroxyl groups is 1. The highest BCUT2D eigenvalue weighted by Gasteiger charge is 2.36. The van der Waals surface area contributed by atoms with E-state index >= 15 is 0 Å². The molecule has 7 heteroatoms. The molecule has 3 nitrogen and oxygen atoms in total. The van der Waals surface area contributed by atoms with Crippen molar-refractivity contribution < 1.29 is 23.1 Å². The third-order valence-electron chi connectivity index (χ3n) is 3.32. The number of aliphatic hydroxyl groups excluding tert-OH is 1. The number of nitrogens with zero attached hydrogens (tertiary/aromatic N) is 1. The molecule has 1 aromatic rings. The first-order chi connectivity index (χ1) is 9.24. The molecule has 0 bridgehead atoms. The van der Waals surface area contributed by atoms with Gasteiger partial charge in [0.15, 0.2) is 0 Å². The highest BCUT2D eigenvalue weighted by atomic mass is 35.5. The molecule has 0 saturated carbocycles. The van der Waals surface area contributed by atoms with E-state index < -0.39 is 17.7 Å². The Morgan fingerprint density at radius 1 is 1.40 bits per heavy atom. The summed E-state index contributed by atoms with van der Waals surface area (Å²) in [6, 6.07) is 2.26. The molecule has 1 amide bonds. The maximum absolute atomic E-state index is 12.8. The molecule has 20 heavy (non-hydrogen) atoms. The Balaban J connectivity index is 2.28. The number of amides is 1. The summed E-state index contributed by atoms with van der Waals surface area (Å²) in [5.41, 5.74) is 0.170. The van der Waals surface area contributed by atoms with Crippen LogP contribution in [-0.2, 0) is 24.1 Å². The number of fused-ring (bicyclic) bond motifs is 1. The molecular weight excluding hydrogens is 295 g/mol. The quantitative estimate of drug-likeness (QED) is 0.913. The molecule has 1 N–H and O–H groups in total. The normalized spacial score (nSPS) is 16.2. The lowest BCUT2D eigenvalue weighted by Gasteiger charge is -2.18. The summed E-state index contributed by atoms with van der Waals surface area (Å²) in [5.74, 6) is -0.852. The zero-order valence-electron chi connectivity index (χ0n) is 10.7. The number of alkyl halides is 3. The molecule has 1 aliphatic rings. The second kappa shape index (κ2) is 5.26. The lowest BCUT2D eigenvalue weighted by atomic mass is 10.1. The van der Waals surface area contributed by atoms with Crippen LogP contribution in [0.15, 0.2) is 12.1 Å². The maximum atomic E-state index is 12.8. The van der Waals surface area contributed by atoms with Crippen LogP contribution in [0.25, 0.3) is 0 Å². The minimum atomic E-state index is -4.51. The number of halogens is 4. The van der Waals surface area contributed by atoms with Crippen molar-refractivity contribution in [2.24, 2.45) is 5.92 Å². The van der Waals surface area contributed by atoms with Gasteiger partial charge in [-0.05, 0) is 23.3 Å². The standard InChI is InChI=1S/C13H13ClF3NO2/c1-7(6-19)12(20)18-4-8-2-10(13(15,16)17)11(14)3-9(8)5-18/h2-3,7,19H,4-6H2,1H3. The van der Waals surface area contributed by atoms with Gasteiger partial charge in [0, 0.05) is 13.1 Å². The summed E-state index contributed by atoms with van der Waals surface area (Å²) < 4.78 is 38.3. The van der Waals surface area contributed by atoms with Gasteiger partial charge in [-0.2, -0.15) is 13.2 Å². The van der Waals surface area contributed by atoms with Crippen LogP contribution in [0, 0.1) is 5.92 Å². The van der Waals surface area contributed by atoms with Gasteiger partial charge in [0.2, 0.25) is 5.91 Å². The Kier molecular flexibility index (Phi) is 3.97. The van der Waals surface area contributed by atoms with E-state index in [2.05, 4.69) is 0 Å². The lowest BCUT2D eigenvalue weighted by molar-refractivity contribution is -0.137. The third kappa shape index (κ3) is 2.76. The summed E-state index contributed by atoms with van der Waals surface area (Å²) in [6.45, 7) is 1.61. The number of benzene rings is 1. The smallest absolute Gasteiger partial charge is 0.396 e. The average molecular weight is 308 g/mol. The van der Waals surface area contributed by atoms with E-state index in [-0.39, 0.29) is 30.6 Å². The first-order valence-electron chi connectivity index (χ1n) is 6.02. The van der Waals surface area contributed by atoms with E-state index in [1.165, 1.54) is 11.0 Å². The molecular formula is C13H13ClF3NO2. The number of hydrogen-bond donors (Lipinski definition) is 1. The van der Waals surface area contributed by atoms with Crippen LogP contribution in [0.3, 0.4) is 0 Å². The third-order valence-corrected chi connectivity index (χ3v) is 3.64. The van der Waals surface area contributed by atoms with Gasteiger partial charge < -0.3 is 10.0 Å². The molecule has 1 aromatic carbocycles. The van der Waals surface area contributed by atoms with E-state index in [9.17, 15) is 18.0 Å². The van der Waals surface area contributed by atoms with Gasteiger partial charge in [0.25, 0.3) is 0 Å². The highest BCUT2D eigenvalue weighted by Crippen LogP contribution is 2.38. The van der Waals surface area contributed by atoms with Gasteiger partial charge in [0.05, 0.1) is 23.1 Å². The zero-order valence-corrected chi connectivity index (χ0v) is 11.4. The number of carbonyl (C=O) groups is 1. The van der Waals surface area contributed by atoms with Crippen LogP contribution in [0.4, 0.5) is 13.2 Å². The fourth-order valence-electron chi connectivity index (χ4n) is 2.18. The SMILES string of the molecule is CC(CO)C(=O)N1Cc2cc(Cl)c(C(F)(F)F)cc2C1. The topological polar surface area (TPSA) is 40.5 Å². The minimum Gasteiger partial charge on any atom is -0.396 e. The van der Waals surface area contributed by atoms with E-state index in [0.717, 1.165) is 6.07 Å². The first-order valence-corrected chi connectivity index (χ1v) is 6.40. The van der Waals surface area contributed by atoms with Crippen LogP contribution in [0.2, 0.25) is 5.02 Å². The van der Waals surface area contributed by atoms with Crippen LogP contribution in [-0.4, -0.2) is 22.5 Å². The van der Waals surface area contributed by atoms with Crippen molar-refractivity contribution in [1.82, 2.24) is 4.90 Å². The highest BCUT2D eigenvalue weighted by molar-refractivity contribution is 6.31. The minimum absolute atomic E-state index is 0.110. The van der Waals surface area contributed by atoms with Gasteiger partial charge in [-0.3, -0.25) is 4.79 Å². The summed E-state index contributed by atoms with van der Waals surface area (Å²) in [6.07, 6.45) is -4.51. The molecule has 1 atom stereocenters. The van der Waals surface area contributed by atoms with Crippen molar-refractivity contribution >= 4 is 17.5 Å². The summed E-state index contributed by atoms with van der Waals surface area (Å²) in [4.78, 5) is 13.3. The van der Waals surface area contributed by atoms with Gasteiger partial charge in [-0.15, -0.1) is 0 Å². The monoisotopic (exact) mass is 307 g/mol. The van der Waals surface area contributed by atoms with Gasteiger partial charge in [0.1, 0.15) is 0 Å². The fraction of sp³-hybridized carbons (Fsp3) is 0.462. The molecule has 2 rings (SSSR count). The van der Waals surface area contributed by atoms with Crippen LogP contribution in [0.5, 0.6) is 0 Å². The van der Waals surface area contributed by atoms with Crippen molar-refractivity contribution in [2.45, 2.75) is 26.2 Å². The molecule has 0 spiro atoms. The molecule has 1 unspecified atom stereocenters. The van der Waals surface area contributed by atoms with Crippen molar-refractivity contribution in [3.8, 4) is 0 Å². The largest absolute Gasteiger partial charge is 0.417 e. The van der Waals surface area contributed by atoms with Crippen molar-refractivity contribution in [2.75, 3.05) is 6.61 Å². The molecule has 0 aliphatic carbocycles. The molecule has 1 aliphatic heterocycles. The average Bonchev–Trinajstić information content (AvgIpc) is 2.77. The molecule has 0 fully saturated rings. The number of rotatable bonds is 2. The van der Waals surface area contributed by atoms with Crippen LogP contribution >= 0.6 is 11.6 Å². The predicted octanol–water partition coefficient (Wildman–Crippen LogP) is 2.83. The van der Waals surface area contributed by atoms with Gasteiger partial charge in [-0.1, -0.05) is 18.5 Å². The Hall–Kier alpha value is -1.27. The second-order valence-electron chi connectivity index (χ2n) is 4.88. The summed E-state index contributed by atoms with van der Waals surface area (Å²) in [5, 5.41) is 8.60. The van der Waals surface area contributed by atoms with E-state index in [1.54, 1.807) is 6.92 Å². The molecule has 0 radical (unpaired) electrons. The van der Waals surface area contributed by atoms with Gasteiger partial charge in [-0.25, -0.2) is 0 Å². The Morgan fingerprint density at radius 2 is 1.95 bits per heavy atom. The van der Waals surface area contributed by atoms with Gasteiger partial charge >= 0.3 is 6.18 Å². The Morgan fingerprint density at radius 3 is 2.45 bits per heavy atom. The molecule has 0 aromatic heterocycles. The predicted molar refractivity (Wildman–Crippen MR) is 67.0 cm³/mol. The second-order valence-corrected chi connectivity index (χ2v) is 5.28. The first kappa shape index (κ1) is 15.1. The molecule has 1 heterocycles. The molecule has 0 saturated heterocycles. The van der Waals surface area contributed by atoms with Crippen molar-refractivity contribution in [1.29, 1.82) is 0 Å². The lowest BCUT2D eigenvalue weighted by Crippen LogP contribution is -2.32. The fourth-order valence-corrected chi connectivity index (χ4v) is 2.48. The number of carbonyl (C=O) groups excluding carboxylic acids is 1. The Labute approximate surface area is 118 Å². The van der Waals surface area contributed by atoms with E-state index in [0.29, 0.717) is 11.1 Å². The summed E-state index contributed by atoms with van der Waals surface area (Å²) >= 11 is 5.65. The number of hydrogen-bond acceptors (Lipinski definition) is 2. The molecule has 110 valence electrons. The van der Waals surface area contributed by atoms with Crippen LogP contribution in [0.1, 0.15) is 23.6 Å². The van der Waals surface area contributed by atoms with E-state index in [4.69, 9.17) is 16.7 Å². The zero-order chi connectivity index (χ0) is 15.1. The Bertz CT molecular complexity index is 545. The summed E-state index contributed by atoms with van der Waals surface area (Å²) in [7, 11) is 0. The van der Waals surface area contributed by atoms with Crippen molar-refractivity contribution in [3.05, 3.63) is 33.8 Å². The van der Waals surface area contributed by atoms with E-state index in [1.807, 2.05) is 0 Å². The maximum Gasteiger partial charge on any atom is 0.417 e.